The molecule has 8 heteroatoms. The number of rotatable bonds is 3. The number of benzene rings is 3. The van der Waals surface area contributed by atoms with Crippen molar-refractivity contribution in [3.05, 3.63) is 82.6 Å². The molecule has 1 aromatic heterocycles. The van der Waals surface area contributed by atoms with Crippen molar-refractivity contribution in [3.8, 4) is 0 Å². The molecule has 3 aromatic carbocycles. The van der Waals surface area contributed by atoms with Crippen LogP contribution in [0.2, 0.25) is 0 Å². The summed E-state index contributed by atoms with van der Waals surface area (Å²) in [5, 5.41) is 13.0. The van der Waals surface area contributed by atoms with Gasteiger partial charge in [0.25, 0.3) is 11.5 Å². The van der Waals surface area contributed by atoms with E-state index in [0.29, 0.717) is 16.5 Å². The van der Waals surface area contributed by atoms with Gasteiger partial charge in [0.15, 0.2) is 0 Å². The van der Waals surface area contributed by atoms with E-state index in [4.69, 9.17) is 0 Å². The maximum Gasteiger partial charge on any atom is 0.326 e. The number of carbonyl (C=O) groups is 2. The standard InChI is InChI=1S/C22H17N5O3/c1-22(16-11-10-14-6-2-3-7-15(14)12-16)20(29)26(21(30)23-22)13-27-19(28)17-8-4-5-9-18(17)24-25-27/h2-12H,13H2,1H3,(H,23,30)/t22-/m0/s1. The maximum atomic E-state index is 13.2. The lowest BCUT2D eigenvalue weighted by molar-refractivity contribution is -0.132. The van der Waals surface area contributed by atoms with Gasteiger partial charge in [0.2, 0.25) is 0 Å². The topological polar surface area (TPSA) is 97.2 Å². The molecule has 0 aliphatic carbocycles. The maximum absolute atomic E-state index is 13.2. The zero-order valence-corrected chi connectivity index (χ0v) is 16.1. The molecule has 8 nitrogen and oxygen atoms in total. The Hall–Kier alpha value is -4.07. The van der Waals surface area contributed by atoms with Crippen LogP contribution in [0.25, 0.3) is 21.7 Å². The van der Waals surface area contributed by atoms with Gasteiger partial charge in [-0.25, -0.2) is 9.69 Å². The first-order chi connectivity index (χ1) is 14.5. The van der Waals surface area contributed by atoms with Gasteiger partial charge in [0.05, 0.1) is 5.39 Å². The highest BCUT2D eigenvalue weighted by atomic mass is 16.2. The molecule has 3 amide bonds. The largest absolute Gasteiger partial charge is 0.326 e. The molecule has 4 aromatic rings. The van der Waals surface area contributed by atoms with Crippen molar-refractivity contribution in [1.29, 1.82) is 0 Å². The molecule has 0 spiro atoms. The third kappa shape index (κ3) is 2.65. The number of hydrogen-bond acceptors (Lipinski definition) is 5. The van der Waals surface area contributed by atoms with Gasteiger partial charge in [-0.15, -0.1) is 5.10 Å². The SMILES string of the molecule is C[C@@]1(c2ccc3ccccc3c2)NC(=O)N(Cn2nnc3ccccc3c2=O)C1=O. The second-order valence-corrected chi connectivity index (χ2v) is 7.40. The van der Waals surface area contributed by atoms with Crippen molar-refractivity contribution in [3.63, 3.8) is 0 Å². The van der Waals surface area contributed by atoms with E-state index in [1.807, 2.05) is 42.5 Å². The van der Waals surface area contributed by atoms with Crippen LogP contribution in [0.1, 0.15) is 12.5 Å². The minimum Gasteiger partial charge on any atom is -0.319 e. The average Bonchev–Trinajstić information content (AvgIpc) is 2.99. The molecule has 0 bridgehead atoms. The van der Waals surface area contributed by atoms with Crippen LogP contribution in [0, 0.1) is 0 Å². The Morgan fingerprint density at radius 2 is 1.67 bits per heavy atom. The summed E-state index contributed by atoms with van der Waals surface area (Å²) in [6.07, 6.45) is 0. The van der Waals surface area contributed by atoms with Gasteiger partial charge in [-0.2, -0.15) is 4.68 Å². The number of carbonyl (C=O) groups excluding carboxylic acids is 2. The number of aromatic nitrogens is 3. The number of hydrogen-bond donors (Lipinski definition) is 1. The normalized spacial score (nSPS) is 18.9. The summed E-state index contributed by atoms with van der Waals surface area (Å²) >= 11 is 0. The molecule has 1 N–H and O–H groups in total. The second kappa shape index (κ2) is 6.48. The molecule has 1 aliphatic heterocycles. The van der Waals surface area contributed by atoms with Crippen molar-refractivity contribution >= 4 is 33.6 Å². The predicted octanol–water partition coefficient (Wildman–Crippen LogP) is 2.37. The molecule has 5 rings (SSSR count). The minimum atomic E-state index is -1.24. The Balaban J connectivity index is 1.51. The lowest BCUT2D eigenvalue weighted by Gasteiger charge is -2.22. The van der Waals surface area contributed by atoms with E-state index < -0.39 is 23.0 Å². The minimum absolute atomic E-state index is 0.315. The summed E-state index contributed by atoms with van der Waals surface area (Å²) in [6, 6.07) is 19.6. The highest BCUT2D eigenvalue weighted by Crippen LogP contribution is 2.31. The fourth-order valence-corrected chi connectivity index (χ4v) is 3.77. The molecule has 0 radical (unpaired) electrons. The van der Waals surface area contributed by atoms with Crippen LogP contribution in [0.4, 0.5) is 4.79 Å². The first kappa shape index (κ1) is 18.0. The van der Waals surface area contributed by atoms with Crippen LogP contribution in [0.5, 0.6) is 0 Å². The zero-order valence-electron chi connectivity index (χ0n) is 16.1. The molecule has 0 saturated carbocycles. The summed E-state index contributed by atoms with van der Waals surface area (Å²) in [5.74, 6) is -0.454. The Bertz CT molecular complexity index is 1400. The van der Waals surface area contributed by atoms with E-state index in [0.717, 1.165) is 20.4 Å². The summed E-state index contributed by atoms with van der Waals surface area (Å²) < 4.78 is 1.02. The molecular weight excluding hydrogens is 382 g/mol. The number of amides is 3. The molecule has 1 aliphatic rings. The van der Waals surface area contributed by atoms with E-state index in [9.17, 15) is 14.4 Å². The molecule has 1 saturated heterocycles. The third-order valence-corrected chi connectivity index (χ3v) is 5.51. The van der Waals surface area contributed by atoms with Gasteiger partial charge in [-0.1, -0.05) is 53.7 Å². The van der Waals surface area contributed by atoms with Crippen molar-refractivity contribution in [2.45, 2.75) is 19.1 Å². The number of imide groups is 1. The fourth-order valence-electron chi connectivity index (χ4n) is 3.77. The summed E-state index contributed by atoms with van der Waals surface area (Å²) in [7, 11) is 0. The van der Waals surface area contributed by atoms with Crippen LogP contribution < -0.4 is 10.9 Å². The Labute approximate surface area is 170 Å². The quantitative estimate of drug-likeness (QED) is 0.534. The summed E-state index contributed by atoms with van der Waals surface area (Å²) in [4.78, 5) is 39.6. The summed E-state index contributed by atoms with van der Waals surface area (Å²) in [5.41, 5.74) is -0.536. The van der Waals surface area contributed by atoms with Crippen molar-refractivity contribution in [2.75, 3.05) is 0 Å². The van der Waals surface area contributed by atoms with Crippen molar-refractivity contribution in [2.24, 2.45) is 0 Å². The monoisotopic (exact) mass is 399 g/mol. The number of nitrogens with one attached hydrogen (secondary N) is 1. The molecule has 148 valence electrons. The highest BCUT2D eigenvalue weighted by molar-refractivity contribution is 6.07. The first-order valence-electron chi connectivity index (χ1n) is 9.43. The van der Waals surface area contributed by atoms with Crippen molar-refractivity contribution in [1.82, 2.24) is 25.2 Å². The van der Waals surface area contributed by atoms with Gasteiger partial charge in [0, 0.05) is 0 Å². The molecular formula is C22H17N5O3. The van der Waals surface area contributed by atoms with Crippen LogP contribution in [0.3, 0.4) is 0 Å². The van der Waals surface area contributed by atoms with Crippen LogP contribution in [0.15, 0.2) is 71.5 Å². The van der Waals surface area contributed by atoms with Gasteiger partial charge in [-0.05, 0) is 41.5 Å². The van der Waals surface area contributed by atoms with E-state index in [-0.39, 0.29) is 6.67 Å². The molecule has 2 heterocycles. The van der Waals surface area contributed by atoms with Gasteiger partial charge in [-0.3, -0.25) is 9.59 Å². The van der Waals surface area contributed by atoms with Gasteiger partial charge in [0.1, 0.15) is 17.7 Å². The Morgan fingerprint density at radius 1 is 0.933 bits per heavy atom. The Morgan fingerprint density at radius 3 is 2.50 bits per heavy atom. The molecule has 0 unspecified atom stereocenters. The average molecular weight is 399 g/mol. The van der Waals surface area contributed by atoms with E-state index >= 15 is 0 Å². The van der Waals surface area contributed by atoms with Crippen LogP contribution >= 0.6 is 0 Å². The van der Waals surface area contributed by atoms with Crippen LogP contribution in [-0.4, -0.2) is 31.8 Å². The molecule has 1 atom stereocenters. The number of urea groups is 1. The lowest BCUT2D eigenvalue weighted by atomic mass is 9.90. The summed E-state index contributed by atoms with van der Waals surface area (Å²) in [6.45, 7) is 1.34. The van der Waals surface area contributed by atoms with E-state index in [2.05, 4.69) is 15.6 Å². The number of fused-ring (bicyclic) bond motifs is 2. The van der Waals surface area contributed by atoms with Gasteiger partial charge >= 0.3 is 6.03 Å². The second-order valence-electron chi connectivity index (χ2n) is 7.40. The fraction of sp³-hybridized carbons (Fsp3) is 0.136. The molecule has 30 heavy (non-hydrogen) atoms. The highest BCUT2D eigenvalue weighted by Gasteiger charge is 2.49. The number of nitrogens with zero attached hydrogens (tertiary/aromatic N) is 4. The predicted molar refractivity (Wildman–Crippen MR) is 110 cm³/mol. The van der Waals surface area contributed by atoms with Crippen molar-refractivity contribution < 1.29 is 9.59 Å². The van der Waals surface area contributed by atoms with E-state index in [1.165, 1.54) is 0 Å². The molecule has 1 fully saturated rings. The van der Waals surface area contributed by atoms with E-state index in [1.54, 1.807) is 31.2 Å². The Kier molecular flexibility index (Phi) is 3.89. The first-order valence-corrected chi connectivity index (χ1v) is 9.43. The van der Waals surface area contributed by atoms with Gasteiger partial charge < -0.3 is 5.32 Å². The zero-order chi connectivity index (χ0) is 20.9. The van der Waals surface area contributed by atoms with Crippen LogP contribution in [-0.2, 0) is 17.0 Å². The smallest absolute Gasteiger partial charge is 0.319 e. The lowest BCUT2D eigenvalue weighted by Crippen LogP contribution is -2.42. The third-order valence-electron chi connectivity index (χ3n) is 5.51.